The number of methoxy groups -OCH3 is 1. The SMILES string of the molecule is COCCn1c(-c2ccc(SC(C)(C)C(=O)O)cc2)nc(C(=O)Nc2ccc(Cl)cc2C)c1C. The number of thioether (sulfide) groups is 1. The molecule has 180 valence electrons. The van der Waals surface area contributed by atoms with Crippen LogP contribution in [0, 0.1) is 13.8 Å². The fourth-order valence-corrected chi connectivity index (χ4v) is 4.56. The summed E-state index contributed by atoms with van der Waals surface area (Å²) in [6.45, 7) is 8.06. The van der Waals surface area contributed by atoms with Crippen molar-refractivity contribution in [1.82, 2.24) is 9.55 Å². The predicted octanol–water partition coefficient (Wildman–Crippen LogP) is 5.67. The van der Waals surface area contributed by atoms with E-state index in [0.717, 1.165) is 21.7 Å². The van der Waals surface area contributed by atoms with Gasteiger partial charge in [0.1, 0.15) is 16.3 Å². The van der Waals surface area contributed by atoms with Gasteiger partial charge in [-0.05, 0) is 63.6 Å². The van der Waals surface area contributed by atoms with Gasteiger partial charge in [-0.25, -0.2) is 4.98 Å². The van der Waals surface area contributed by atoms with E-state index < -0.39 is 10.7 Å². The molecule has 0 bridgehead atoms. The minimum Gasteiger partial charge on any atom is -0.480 e. The summed E-state index contributed by atoms with van der Waals surface area (Å²) >= 11 is 7.30. The number of nitrogens with one attached hydrogen (secondary N) is 1. The van der Waals surface area contributed by atoms with Crippen LogP contribution in [0.1, 0.15) is 35.6 Å². The number of carbonyl (C=O) groups is 2. The third-order valence-electron chi connectivity index (χ3n) is 5.39. The Hall–Kier alpha value is -2.81. The van der Waals surface area contributed by atoms with E-state index in [1.165, 1.54) is 11.8 Å². The zero-order chi connectivity index (χ0) is 25.0. The van der Waals surface area contributed by atoms with Gasteiger partial charge in [0.15, 0.2) is 0 Å². The lowest BCUT2D eigenvalue weighted by Crippen LogP contribution is -2.26. The zero-order valence-corrected chi connectivity index (χ0v) is 21.4. The van der Waals surface area contributed by atoms with Gasteiger partial charge in [0.25, 0.3) is 5.91 Å². The lowest BCUT2D eigenvalue weighted by atomic mass is 10.2. The largest absolute Gasteiger partial charge is 0.480 e. The number of hydrogen-bond acceptors (Lipinski definition) is 5. The highest BCUT2D eigenvalue weighted by Gasteiger charge is 2.28. The molecule has 0 saturated carbocycles. The van der Waals surface area contributed by atoms with Gasteiger partial charge in [-0.15, -0.1) is 11.8 Å². The number of carbonyl (C=O) groups excluding carboxylic acids is 1. The molecule has 0 fully saturated rings. The van der Waals surface area contributed by atoms with E-state index in [-0.39, 0.29) is 5.91 Å². The number of rotatable bonds is 9. The van der Waals surface area contributed by atoms with Crippen LogP contribution in [0.15, 0.2) is 47.4 Å². The average Bonchev–Trinajstić information content (AvgIpc) is 3.10. The molecule has 0 saturated heterocycles. The molecule has 34 heavy (non-hydrogen) atoms. The number of hydrogen-bond donors (Lipinski definition) is 2. The highest BCUT2D eigenvalue weighted by Crippen LogP contribution is 2.34. The maximum atomic E-state index is 13.1. The van der Waals surface area contributed by atoms with Crippen LogP contribution < -0.4 is 5.32 Å². The van der Waals surface area contributed by atoms with Crippen molar-refractivity contribution in [2.45, 2.75) is 43.9 Å². The molecule has 3 rings (SSSR count). The van der Waals surface area contributed by atoms with E-state index in [1.807, 2.05) is 42.7 Å². The van der Waals surface area contributed by atoms with Gasteiger partial charge >= 0.3 is 5.97 Å². The van der Waals surface area contributed by atoms with Gasteiger partial charge in [-0.3, -0.25) is 9.59 Å². The van der Waals surface area contributed by atoms with Crippen molar-refractivity contribution in [3.63, 3.8) is 0 Å². The van der Waals surface area contributed by atoms with Gasteiger partial charge in [-0.2, -0.15) is 0 Å². The first-order chi connectivity index (χ1) is 16.0. The van der Waals surface area contributed by atoms with Crippen molar-refractivity contribution in [2.75, 3.05) is 19.0 Å². The smallest absolute Gasteiger partial charge is 0.319 e. The number of aromatic nitrogens is 2. The third-order valence-corrected chi connectivity index (χ3v) is 6.82. The van der Waals surface area contributed by atoms with Crippen molar-refractivity contribution >= 4 is 40.9 Å². The Balaban J connectivity index is 1.93. The Labute approximate surface area is 208 Å². The molecule has 9 heteroatoms. The second-order valence-electron chi connectivity index (χ2n) is 8.37. The normalized spacial score (nSPS) is 11.5. The molecule has 2 N–H and O–H groups in total. The van der Waals surface area contributed by atoms with Crippen molar-refractivity contribution in [3.05, 3.63) is 64.4 Å². The number of imidazole rings is 1. The summed E-state index contributed by atoms with van der Waals surface area (Å²) in [4.78, 5) is 30.1. The lowest BCUT2D eigenvalue weighted by Gasteiger charge is -2.18. The summed E-state index contributed by atoms with van der Waals surface area (Å²) < 4.78 is 6.27. The Morgan fingerprint density at radius 3 is 2.44 bits per heavy atom. The number of nitrogens with zero attached hydrogens (tertiary/aromatic N) is 2. The molecular weight excluding hydrogens is 474 g/mol. The van der Waals surface area contributed by atoms with Gasteiger partial charge in [0.05, 0.1) is 6.61 Å². The highest BCUT2D eigenvalue weighted by atomic mass is 35.5. The molecule has 2 aromatic carbocycles. The second kappa shape index (κ2) is 10.6. The summed E-state index contributed by atoms with van der Waals surface area (Å²) in [5.41, 5.74) is 3.39. The van der Waals surface area contributed by atoms with E-state index in [1.54, 1.807) is 39.2 Å². The molecule has 0 aliphatic heterocycles. The summed E-state index contributed by atoms with van der Waals surface area (Å²) in [6.07, 6.45) is 0. The van der Waals surface area contributed by atoms with Gasteiger partial charge in [0.2, 0.25) is 0 Å². The fraction of sp³-hybridized carbons (Fsp3) is 0.320. The fourth-order valence-electron chi connectivity index (χ4n) is 3.38. The minimum absolute atomic E-state index is 0.310. The molecule has 0 unspecified atom stereocenters. The van der Waals surface area contributed by atoms with Gasteiger partial charge in [-0.1, -0.05) is 23.7 Å². The van der Waals surface area contributed by atoms with E-state index in [0.29, 0.717) is 35.4 Å². The Kier molecular flexibility index (Phi) is 8.07. The van der Waals surface area contributed by atoms with Crippen LogP contribution in [0.5, 0.6) is 0 Å². The van der Waals surface area contributed by atoms with Crippen molar-refractivity contribution in [2.24, 2.45) is 0 Å². The monoisotopic (exact) mass is 501 g/mol. The number of benzene rings is 2. The van der Waals surface area contributed by atoms with Gasteiger partial charge in [0, 0.05) is 40.5 Å². The van der Waals surface area contributed by atoms with Crippen molar-refractivity contribution in [3.8, 4) is 11.4 Å². The number of carboxylic acids is 1. The molecule has 3 aromatic rings. The number of halogens is 1. The summed E-state index contributed by atoms with van der Waals surface area (Å²) in [7, 11) is 1.62. The van der Waals surface area contributed by atoms with Crippen LogP contribution >= 0.6 is 23.4 Å². The molecule has 0 radical (unpaired) electrons. The molecule has 0 atom stereocenters. The first-order valence-electron chi connectivity index (χ1n) is 10.7. The van der Waals surface area contributed by atoms with Crippen LogP contribution in [0.4, 0.5) is 5.69 Å². The van der Waals surface area contributed by atoms with Crippen LogP contribution in [0.25, 0.3) is 11.4 Å². The van der Waals surface area contributed by atoms with Crippen LogP contribution in [-0.4, -0.2) is 45.0 Å². The molecule has 0 spiro atoms. The molecule has 1 amide bonds. The molecule has 1 heterocycles. The number of amides is 1. The third kappa shape index (κ3) is 5.81. The first kappa shape index (κ1) is 25.8. The van der Waals surface area contributed by atoms with E-state index in [2.05, 4.69) is 10.3 Å². The van der Waals surface area contributed by atoms with E-state index >= 15 is 0 Å². The highest BCUT2D eigenvalue weighted by molar-refractivity contribution is 8.01. The number of aryl methyl sites for hydroxylation is 1. The number of anilines is 1. The second-order valence-corrected chi connectivity index (χ2v) is 10.5. The maximum absolute atomic E-state index is 13.1. The quantitative estimate of drug-likeness (QED) is 0.367. The Morgan fingerprint density at radius 1 is 1.18 bits per heavy atom. The lowest BCUT2D eigenvalue weighted by molar-refractivity contribution is -0.138. The van der Waals surface area contributed by atoms with E-state index in [9.17, 15) is 14.7 Å². The number of ether oxygens (including phenoxy) is 1. The maximum Gasteiger partial charge on any atom is 0.319 e. The topological polar surface area (TPSA) is 93.4 Å². The van der Waals surface area contributed by atoms with Crippen LogP contribution in [0.2, 0.25) is 5.02 Å². The Morgan fingerprint density at radius 2 is 1.85 bits per heavy atom. The predicted molar refractivity (Wildman–Crippen MR) is 136 cm³/mol. The zero-order valence-electron chi connectivity index (χ0n) is 19.8. The Bertz CT molecular complexity index is 1210. The molecule has 7 nitrogen and oxygen atoms in total. The van der Waals surface area contributed by atoms with Crippen molar-refractivity contribution in [1.29, 1.82) is 0 Å². The standard InChI is InChI=1S/C25H28ClN3O4S/c1-15-14-18(26)8-11-20(15)27-23(30)21-16(2)29(12-13-33-5)22(28-21)17-6-9-19(10-7-17)34-25(3,4)24(31)32/h6-11,14H,12-13H2,1-5H3,(H,27,30)(H,31,32). The minimum atomic E-state index is -0.944. The number of carboxylic acid groups (broad SMARTS) is 1. The summed E-state index contributed by atoms with van der Waals surface area (Å²) in [5.74, 6) is -0.545. The van der Waals surface area contributed by atoms with E-state index in [4.69, 9.17) is 16.3 Å². The molecule has 1 aromatic heterocycles. The molecule has 0 aliphatic carbocycles. The molecule has 0 aliphatic rings. The van der Waals surface area contributed by atoms with Gasteiger partial charge < -0.3 is 19.7 Å². The average molecular weight is 502 g/mol. The first-order valence-corrected chi connectivity index (χ1v) is 11.9. The summed E-state index contributed by atoms with van der Waals surface area (Å²) in [6, 6.07) is 12.8. The summed E-state index contributed by atoms with van der Waals surface area (Å²) in [5, 5.41) is 12.9. The van der Waals surface area contributed by atoms with Crippen molar-refractivity contribution < 1.29 is 19.4 Å². The number of aliphatic carboxylic acids is 1. The van der Waals surface area contributed by atoms with Crippen LogP contribution in [-0.2, 0) is 16.1 Å². The molecular formula is C25H28ClN3O4S. The van der Waals surface area contributed by atoms with Crippen LogP contribution in [0.3, 0.4) is 0 Å².